The van der Waals surface area contributed by atoms with Crippen molar-refractivity contribution in [3.63, 3.8) is 0 Å². The van der Waals surface area contributed by atoms with Gasteiger partial charge in [0, 0.05) is 37.0 Å². The summed E-state index contributed by atoms with van der Waals surface area (Å²) >= 11 is 0. The third-order valence-corrected chi connectivity index (χ3v) is 4.52. The molecule has 0 bridgehead atoms. The summed E-state index contributed by atoms with van der Waals surface area (Å²) in [7, 11) is 1.36. The highest BCUT2D eigenvalue weighted by atomic mass is 16.6. The lowest BCUT2D eigenvalue weighted by atomic mass is 10.1. The van der Waals surface area contributed by atoms with Crippen molar-refractivity contribution in [1.29, 1.82) is 0 Å². The van der Waals surface area contributed by atoms with Crippen LogP contribution in [-0.4, -0.2) is 31.0 Å². The van der Waals surface area contributed by atoms with E-state index < -0.39 is 4.92 Å². The maximum atomic E-state index is 12.4. The SMILES string of the molecule is COc1ccc(C(=O)NCc2ccccc2N2CCCC2)cc1[N+](=O)[O-]. The predicted octanol–water partition coefficient (Wildman–Crippen LogP) is 3.13. The van der Waals surface area contributed by atoms with Crippen molar-refractivity contribution in [2.24, 2.45) is 0 Å². The van der Waals surface area contributed by atoms with Crippen LogP contribution in [0.25, 0.3) is 0 Å². The Morgan fingerprint density at radius 3 is 2.65 bits per heavy atom. The molecule has 1 aliphatic rings. The van der Waals surface area contributed by atoms with Crippen molar-refractivity contribution in [1.82, 2.24) is 5.32 Å². The minimum absolute atomic E-state index is 0.130. The largest absolute Gasteiger partial charge is 0.490 e. The Kier molecular flexibility index (Phi) is 5.36. The molecule has 0 unspecified atom stereocenters. The lowest BCUT2D eigenvalue weighted by molar-refractivity contribution is -0.385. The van der Waals surface area contributed by atoms with Crippen LogP contribution in [0.1, 0.15) is 28.8 Å². The zero-order valence-corrected chi connectivity index (χ0v) is 14.6. The topological polar surface area (TPSA) is 84.7 Å². The number of methoxy groups -OCH3 is 1. The van der Waals surface area contributed by atoms with E-state index in [0.29, 0.717) is 6.54 Å². The summed E-state index contributed by atoms with van der Waals surface area (Å²) in [6.07, 6.45) is 2.35. The Hall–Kier alpha value is -3.09. The minimum atomic E-state index is -0.557. The van der Waals surface area contributed by atoms with Crippen LogP contribution in [0.15, 0.2) is 42.5 Å². The fraction of sp³-hybridized carbons (Fsp3) is 0.316. The van der Waals surface area contributed by atoms with Gasteiger partial charge in [-0.15, -0.1) is 0 Å². The zero-order valence-electron chi connectivity index (χ0n) is 14.6. The van der Waals surface area contributed by atoms with E-state index in [2.05, 4.69) is 16.3 Å². The molecule has 0 atom stereocenters. The highest BCUT2D eigenvalue weighted by Crippen LogP contribution is 2.28. The summed E-state index contributed by atoms with van der Waals surface area (Å²) in [6, 6.07) is 12.2. The van der Waals surface area contributed by atoms with Gasteiger partial charge in [0.15, 0.2) is 5.75 Å². The summed E-state index contributed by atoms with van der Waals surface area (Å²) in [5, 5.41) is 14.0. The van der Waals surface area contributed by atoms with E-state index in [0.717, 1.165) is 24.3 Å². The molecule has 2 aromatic carbocycles. The highest BCUT2D eigenvalue weighted by molar-refractivity contribution is 5.95. The van der Waals surface area contributed by atoms with E-state index in [1.54, 1.807) is 0 Å². The Morgan fingerprint density at radius 1 is 1.23 bits per heavy atom. The van der Waals surface area contributed by atoms with Gasteiger partial charge in [0.25, 0.3) is 5.91 Å². The molecule has 3 rings (SSSR count). The van der Waals surface area contributed by atoms with Gasteiger partial charge in [-0.1, -0.05) is 18.2 Å². The van der Waals surface area contributed by atoms with Gasteiger partial charge in [-0.05, 0) is 36.6 Å². The molecular formula is C19H21N3O4. The summed E-state index contributed by atoms with van der Waals surface area (Å²) in [6.45, 7) is 2.41. The van der Waals surface area contributed by atoms with Crippen LogP contribution < -0.4 is 15.0 Å². The van der Waals surface area contributed by atoms with E-state index in [4.69, 9.17) is 4.74 Å². The van der Waals surface area contributed by atoms with Gasteiger partial charge in [-0.3, -0.25) is 14.9 Å². The summed E-state index contributed by atoms with van der Waals surface area (Å²) < 4.78 is 4.96. The number of hydrogen-bond acceptors (Lipinski definition) is 5. The molecule has 0 spiro atoms. The maximum absolute atomic E-state index is 12.4. The molecule has 7 nitrogen and oxygen atoms in total. The normalized spacial score (nSPS) is 13.5. The van der Waals surface area contributed by atoms with Crippen molar-refractivity contribution in [3.8, 4) is 5.75 Å². The van der Waals surface area contributed by atoms with Crippen molar-refractivity contribution >= 4 is 17.3 Å². The number of nitro groups is 1. The number of ether oxygens (including phenoxy) is 1. The van der Waals surface area contributed by atoms with Crippen molar-refractivity contribution in [3.05, 3.63) is 63.7 Å². The van der Waals surface area contributed by atoms with Gasteiger partial charge >= 0.3 is 5.69 Å². The number of para-hydroxylation sites is 1. The first kappa shape index (κ1) is 17.7. The number of anilines is 1. The molecule has 1 heterocycles. The second-order valence-electron chi connectivity index (χ2n) is 6.15. The number of nitrogens with one attached hydrogen (secondary N) is 1. The fourth-order valence-corrected chi connectivity index (χ4v) is 3.18. The zero-order chi connectivity index (χ0) is 18.5. The smallest absolute Gasteiger partial charge is 0.311 e. The first-order valence-electron chi connectivity index (χ1n) is 8.53. The highest BCUT2D eigenvalue weighted by Gasteiger charge is 2.19. The van der Waals surface area contributed by atoms with Gasteiger partial charge in [-0.2, -0.15) is 0 Å². The molecule has 0 aromatic heterocycles. The molecule has 136 valence electrons. The quantitative estimate of drug-likeness (QED) is 0.636. The first-order valence-corrected chi connectivity index (χ1v) is 8.53. The number of nitrogens with zero attached hydrogens (tertiary/aromatic N) is 2. The summed E-state index contributed by atoms with van der Waals surface area (Å²) in [4.78, 5) is 25.3. The van der Waals surface area contributed by atoms with E-state index in [1.807, 2.05) is 18.2 Å². The van der Waals surface area contributed by atoms with E-state index in [1.165, 1.54) is 38.2 Å². The van der Waals surface area contributed by atoms with Crippen molar-refractivity contribution < 1.29 is 14.5 Å². The van der Waals surface area contributed by atoms with Gasteiger partial charge in [-0.25, -0.2) is 0 Å². The van der Waals surface area contributed by atoms with Crippen molar-refractivity contribution in [2.75, 3.05) is 25.1 Å². The summed E-state index contributed by atoms with van der Waals surface area (Å²) in [5.74, 6) is -0.224. The average Bonchev–Trinajstić information content (AvgIpc) is 3.20. The molecule has 2 aromatic rings. The van der Waals surface area contributed by atoms with Crippen LogP contribution in [-0.2, 0) is 6.54 Å². The molecule has 0 radical (unpaired) electrons. The van der Waals surface area contributed by atoms with Gasteiger partial charge in [0.2, 0.25) is 0 Å². The Labute approximate surface area is 151 Å². The van der Waals surface area contributed by atoms with E-state index >= 15 is 0 Å². The number of hydrogen-bond donors (Lipinski definition) is 1. The second kappa shape index (κ2) is 7.86. The van der Waals surface area contributed by atoms with E-state index in [9.17, 15) is 14.9 Å². The number of amides is 1. The number of carbonyl (C=O) groups excluding carboxylic acids is 1. The van der Waals surface area contributed by atoms with Crippen LogP contribution in [0.3, 0.4) is 0 Å². The van der Waals surface area contributed by atoms with Crippen molar-refractivity contribution in [2.45, 2.75) is 19.4 Å². The number of carbonyl (C=O) groups is 1. The predicted molar refractivity (Wildman–Crippen MR) is 98.7 cm³/mol. The maximum Gasteiger partial charge on any atom is 0.311 e. The number of benzene rings is 2. The molecule has 1 amide bonds. The molecular weight excluding hydrogens is 334 g/mol. The van der Waals surface area contributed by atoms with Gasteiger partial charge in [0.1, 0.15) is 0 Å². The monoisotopic (exact) mass is 355 g/mol. The van der Waals surface area contributed by atoms with Crippen LogP contribution in [0.5, 0.6) is 5.75 Å². The molecule has 26 heavy (non-hydrogen) atoms. The first-order chi connectivity index (χ1) is 12.6. The van der Waals surface area contributed by atoms with Crippen LogP contribution in [0.4, 0.5) is 11.4 Å². The molecule has 1 aliphatic heterocycles. The summed E-state index contributed by atoms with van der Waals surface area (Å²) in [5.41, 5.74) is 2.17. The standard InChI is InChI=1S/C19H21N3O4/c1-26-18-9-8-14(12-17(18)22(24)25)19(23)20-13-15-6-2-3-7-16(15)21-10-4-5-11-21/h2-3,6-9,12H,4-5,10-11,13H2,1H3,(H,20,23). The molecule has 1 N–H and O–H groups in total. The van der Waals surface area contributed by atoms with Crippen LogP contribution in [0, 0.1) is 10.1 Å². The van der Waals surface area contributed by atoms with E-state index in [-0.39, 0.29) is 22.9 Å². The third-order valence-electron chi connectivity index (χ3n) is 4.52. The Bertz CT molecular complexity index is 816. The number of rotatable bonds is 6. The minimum Gasteiger partial charge on any atom is -0.490 e. The third kappa shape index (κ3) is 3.77. The average molecular weight is 355 g/mol. The second-order valence-corrected chi connectivity index (χ2v) is 6.15. The molecule has 0 saturated carbocycles. The molecule has 7 heteroatoms. The van der Waals surface area contributed by atoms with Crippen LogP contribution in [0.2, 0.25) is 0 Å². The Balaban J connectivity index is 1.74. The fourth-order valence-electron chi connectivity index (χ4n) is 3.18. The van der Waals surface area contributed by atoms with Gasteiger partial charge < -0.3 is 15.0 Å². The van der Waals surface area contributed by atoms with Gasteiger partial charge in [0.05, 0.1) is 12.0 Å². The molecule has 0 aliphatic carbocycles. The molecule has 1 fully saturated rings. The molecule has 1 saturated heterocycles. The number of nitro benzene ring substituents is 1. The van der Waals surface area contributed by atoms with Crippen LogP contribution >= 0.6 is 0 Å². The lowest BCUT2D eigenvalue weighted by Crippen LogP contribution is -2.25. The lowest BCUT2D eigenvalue weighted by Gasteiger charge is -2.21. The Morgan fingerprint density at radius 2 is 1.96 bits per heavy atom.